The molecule has 20 heavy (non-hydrogen) atoms. The van der Waals surface area contributed by atoms with E-state index in [9.17, 15) is 0 Å². The van der Waals surface area contributed by atoms with Gasteiger partial charge in [-0.1, -0.05) is 32.0 Å². The molecule has 0 radical (unpaired) electrons. The van der Waals surface area contributed by atoms with Gasteiger partial charge in [-0.3, -0.25) is 0 Å². The predicted octanol–water partition coefficient (Wildman–Crippen LogP) is 4.16. The highest BCUT2D eigenvalue weighted by Crippen LogP contribution is 2.43. The van der Waals surface area contributed by atoms with E-state index in [0.717, 1.165) is 13.0 Å². The van der Waals surface area contributed by atoms with Gasteiger partial charge in [-0.15, -0.1) is 0 Å². The van der Waals surface area contributed by atoms with Crippen molar-refractivity contribution in [1.82, 2.24) is 5.32 Å². The maximum atomic E-state index is 5.81. The lowest BCUT2D eigenvalue weighted by atomic mass is 9.64. The Hall–Kier alpha value is -0.860. The van der Waals surface area contributed by atoms with Crippen LogP contribution in [-0.4, -0.2) is 18.8 Å². The van der Waals surface area contributed by atoms with Gasteiger partial charge in [-0.05, 0) is 50.8 Å². The molecule has 0 heterocycles. The van der Waals surface area contributed by atoms with Crippen LogP contribution in [0.15, 0.2) is 18.2 Å². The second-order valence-electron chi connectivity index (χ2n) is 6.79. The largest absolute Gasteiger partial charge is 0.378 e. The Kier molecular flexibility index (Phi) is 4.55. The van der Waals surface area contributed by atoms with Crippen LogP contribution in [0, 0.1) is 19.3 Å². The third-order valence-electron chi connectivity index (χ3n) is 5.03. The lowest BCUT2D eigenvalue weighted by Crippen LogP contribution is -2.61. The van der Waals surface area contributed by atoms with E-state index in [4.69, 9.17) is 4.74 Å². The Bertz CT molecular complexity index is 466. The molecule has 1 saturated carbocycles. The molecule has 0 aromatic heterocycles. The number of aryl methyl sites for hydroxylation is 2. The summed E-state index contributed by atoms with van der Waals surface area (Å²) in [6.45, 7) is 14.1. The zero-order chi connectivity index (χ0) is 14.9. The molecule has 1 aromatic carbocycles. The van der Waals surface area contributed by atoms with E-state index in [0.29, 0.717) is 18.2 Å². The quantitative estimate of drug-likeness (QED) is 0.871. The molecule has 1 aromatic rings. The summed E-state index contributed by atoms with van der Waals surface area (Å²) >= 11 is 0. The molecule has 1 aliphatic carbocycles. The van der Waals surface area contributed by atoms with E-state index in [2.05, 4.69) is 65.1 Å². The monoisotopic (exact) mass is 275 g/mol. The number of hydrogen-bond acceptors (Lipinski definition) is 2. The summed E-state index contributed by atoms with van der Waals surface area (Å²) in [5.41, 5.74) is 4.34. The molecule has 112 valence electrons. The summed E-state index contributed by atoms with van der Waals surface area (Å²) in [5.74, 6) is 0. The molecule has 1 N–H and O–H groups in total. The Morgan fingerprint density at radius 1 is 1.30 bits per heavy atom. The first-order valence-electron chi connectivity index (χ1n) is 7.81. The van der Waals surface area contributed by atoms with Gasteiger partial charge < -0.3 is 10.1 Å². The summed E-state index contributed by atoms with van der Waals surface area (Å²) in [7, 11) is 0. The summed E-state index contributed by atoms with van der Waals surface area (Å²) < 4.78 is 5.81. The van der Waals surface area contributed by atoms with E-state index in [-0.39, 0.29) is 5.41 Å². The minimum atomic E-state index is 0.226. The van der Waals surface area contributed by atoms with E-state index in [1.54, 1.807) is 0 Å². The van der Waals surface area contributed by atoms with Crippen molar-refractivity contribution in [3.05, 3.63) is 34.9 Å². The fourth-order valence-electron chi connectivity index (χ4n) is 3.08. The average molecular weight is 275 g/mol. The van der Waals surface area contributed by atoms with Crippen molar-refractivity contribution in [3.63, 3.8) is 0 Å². The molecule has 1 fully saturated rings. The van der Waals surface area contributed by atoms with Crippen molar-refractivity contribution >= 4 is 0 Å². The van der Waals surface area contributed by atoms with Gasteiger partial charge in [0.25, 0.3) is 0 Å². The van der Waals surface area contributed by atoms with Crippen molar-refractivity contribution in [1.29, 1.82) is 0 Å². The van der Waals surface area contributed by atoms with Gasteiger partial charge in [0.05, 0.1) is 6.10 Å². The number of rotatable bonds is 5. The van der Waals surface area contributed by atoms with Crippen LogP contribution in [0.1, 0.15) is 56.8 Å². The topological polar surface area (TPSA) is 21.3 Å². The molecule has 3 atom stereocenters. The van der Waals surface area contributed by atoms with Crippen LogP contribution in [0.5, 0.6) is 0 Å². The third-order valence-corrected chi connectivity index (χ3v) is 5.03. The fourth-order valence-corrected chi connectivity index (χ4v) is 3.08. The second kappa shape index (κ2) is 5.87. The highest BCUT2D eigenvalue weighted by atomic mass is 16.5. The van der Waals surface area contributed by atoms with Crippen LogP contribution in [0.3, 0.4) is 0 Å². The molecule has 3 unspecified atom stereocenters. The summed E-state index contributed by atoms with van der Waals surface area (Å²) in [6.07, 6.45) is 1.52. The number of ether oxygens (including phenoxy) is 1. The SMILES string of the molecule is CCOC1CC(NC(C)c2ccc(C)c(C)c2)C1(C)C. The van der Waals surface area contributed by atoms with Gasteiger partial charge in [-0.25, -0.2) is 0 Å². The highest BCUT2D eigenvalue weighted by molar-refractivity contribution is 5.31. The van der Waals surface area contributed by atoms with Gasteiger partial charge in [0.1, 0.15) is 0 Å². The minimum absolute atomic E-state index is 0.226. The molecular formula is C18H29NO. The lowest BCUT2D eigenvalue weighted by Gasteiger charge is -2.52. The summed E-state index contributed by atoms with van der Waals surface area (Å²) in [6, 6.07) is 7.69. The first-order valence-corrected chi connectivity index (χ1v) is 7.81. The predicted molar refractivity (Wildman–Crippen MR) is 85.1 cm³/mol. The highest BCUT2D eigenvalue weighted by Gasteiger charge is 2.49. The van der Waals surface area contributed by atoms with Gasteiger partial charge in [0.2, 0.25) is 0 Å². The zero-order valence-electron chi connectivity index (χ0n) is 13.8. The van der Waals surface area contributed by atoms with Crippen LogP contribution in [-0.2, 0) is 4.74 Å². The molecule has 0 bridgehead atoms. The van der Waals surface area contributed by atoms with E-state index in [1.165, 1.54) is 16.7 Å². The summed E-state index contributed by atoms with van der Waals surface area (Å²) in [4.78, 5) is 0. The molecule has 0 aliphatic heterocycles. The standard InChI is InChI=1S/C18H29NO/c1-7-20-17-11-16(18(17,5)6)19-14(4)15-9-8-12(2)13(3)10-15/h8-10,14,16-17,19H,7,11H2,1-6H3. The number of hydrogen-bond donors (Lipinski definition) is 1. The Morgan fingerprint density at radius 2 is 2.00 bits per heavy atom. The van der Waals surface area contributed by atoms with Gasteiger partial charge in [0, 0.05) is 24.1 Å². The maximum absolute atomic E-state index is 5.81. The van der Waals surface area contributed by atoms with Crippen LogP contribution in [0.2, 0.25) is 0 Å². The molecule has 2 heteroatoms. The fraction of sp³-hybridized carbons (Fsp3) is 0.667. The van der Waals surface area contributed by atoms with Crippen LogP contribution < -0.4 is 5.32 Å². The third kappa shape index (κ3) is 2.91. The van der Waals surface area contributed by atoms with Crippen LogP contribution in [0.4, 0.5) is 0 Å². The molecule has 2 rings (SSSR count). The number of nitrogens with one attached hydrogen (secondary N) is 1. The zero-order valence-corrected chi connectivity index (χ0v) is 13.8. The van der Waals surface area contributed by atoms with Crippen LogP contribution >= 0.6 is 0 Å². The maximum Gasteiger partial charge on any atom is 0.0655 e. The number of benzene rings is 1. The molecule has 0 saturated heterocycles. The van der Waals surface area contributed by atoms with Crippen molar-refractivity contribution in [2.75, 3.05) is 6.61 Å². The Labute approximate surface area is 123 Å². The lowest BCUT2D eigenvalue weighted by molar-refractivity contribution is -0.116. The van der Waals surface area contributed by atoms with Gasteiger partial charge in [0.15, 0.2) is 0 Å². The van der Waals surface area contributed by atoms with Gasteiger partial charge in [-0.2, -0.15) is 0 Å². The smallest absolute Gasteiger partial charge is 0.0655 e. The first-order chi connectivity index (χ1) is 9.36. The molecule has 0 amide bonds. The molecule has 2 nitrogen and oxygen atoms in total. The van der Waals surface area contributed by atoms with E-state index < -0.39 is 0 Å². The molecule has 1 aliphatic rings. The Morgan fingerprint density at radius 3 is 2.55 bits per heavy atom. The van der Waals surface area contributed by atoms with Gasteiger partial charge >= 0.3 is 0 Å². The minimum Gasteiger partial charge on any atom is -0.378 e. The van der Waals surface area contributed by atoms with Crippen molar-refractivity contribution in [2.24, 2.45) is 5.41 Å². The summed E-state index contributed by atoms with van der Waals surface area (Å²) in [5, 5.41) is 3.78. The van der Waals surface area contributed by atoms with E-state index in [1.807, 2.05) is 0 Å². The van der Waals surface area contributed by atoms with Crippen molar-refractivity contribution in [2.45, 2.75) is 66.2 Å². The molecular weight excluding hydrogens is 246 g/mol. The normalized spacial score (nSPS) is 26.1. The van der Waals surface area contributed by atoms with Crippen molar-refractivity contribution in [3.8, 4) is 0 Å². The van der Waals surface area contributed by atoms with Crippen molar-refractivity contribution < 1.29 is 4.74 Å². The second-order valence-corrected chi connectivity index (χ2v) is 6.79. The average Bonchev–Trinajstić information content (AvgIpc) is 2.40. The molecule has 0 spiro atoms. The van der Waals surface area contributed by atoms with Crippen LogP contribution in [0.25, 0.3) is 0 Å². The first kappa shape index (κ1) is 15.5. The van der Waals surface area contributed by atoms with E-state index >= 15 is 0 Å². The Balaban J connectivity index is 1.99.